The molecule has 1 aliphatic heterocycles. The highest BCUT2D eigenvalue weighted by atomic mass is 32.2. The molecule has 0 bridgehead atoms. The molecule has 126 valence electrons. The topological polar surface area (TPSA) is 74.7 Å². The first kappa shape index (κ1) is 16.4. The number of aliphatic carboxylic acids is 1. The Hall–Kier alpha value is -1.47. The van der Waals surface area contributed by atoms with Crippen LogP contribution in [0.1, 0.15) is 30.4 Å². The third kappa shape index (κ3) is 2.37. The lowest BCUT2D eigenvalue weighted by molar-refractivity contribution is -0.149. The summed E-state index contributed by atoms with van der Waals surface area (Å²) in [6.07, 6.45) is 2.07. The molecule has 7 heteroatoms. The second-order valence-corrected chi connectivity index (χ2v) is 8.66. The summed E-state index contributed by atoms with van der Waals surface area (Å²) in [7, 11) is -3.81. The molecule has 1 saturated carbocycles. The molecule has 0 spiro atoms. The summed E-state index contributed by atoms with van der Waals surface area (Å²) < 4.78 is 40.7. The second-order valence-electron chi connectivity index (χ2n) is 6.72. The maximum atomic E-state index is 13.7. The molecule has 2 atom stereocenters. The smallest absolute Gasteiger partial charge is 0.311 e. The number of carboxylic acid groups (broad SMARTS) is 1. The number of benzene rings is 1. The molecular weight excluding hydrogens is 321 g/mol. The van der Waals surface area contributed by atoms with Crippen LogP contribution in [-0.2, 0) is 14.8 Å². The molecule has 1 aromatic carbocycles. The quantitative estimate of drug-likeness (QED) is 0.915. The minimum atomic E-state index is -3.81. The van der Waals surface area contributed by atoms with Gasteiger partial charge in [-0.25, -0.2) is 12.8 Å². The van der Waals surface area contributed by atoms with Crippen molar-refractivity contribution in [2.75, 3.05) is 13.1 Å². The van der Waals surface area contributed by atoms with Gasteiger partial charge >= 0.3 is 5.97 Å². The van der Waals surface area contributed by atoms with Crippen LogP contribution in [0.2, 0.25) is 0 Å². The monoisotopic (exact) mass is 341 g/mol. The Kier molecular flexibility index (Phi) is 3.76. The van der Waals surface area contributed by atoms with Crippen molar-refractivity contribution in [2.45, 2.75) is 38.0 Å². The fourth-order valence-corrected chi connectivity index (χ4v) is 5.71. The Morgan fingerprint density at radius 2 is 1.96 bits per heavy atom. The van der Waals surface area contributed by atoms with Crippen LogP contribution < -0.4 is 0 Å². The predicted octanol–water partition coefficient (Wildman–Crippen LogP) is 2.32. The minimum absolute atomic E-state index is 0.00477. The molecule has 0 aromatic heterocycles. The molecule has 1 heterocycles. The Labute approximate surface area is 135 Å². The number of aryl methyl sites for hydroxylation is 2. The van der Waals surface area contributed by atoms with Crippen molar-refractivity contribution < 1.29 is 22.7 Å². The first-order chi connectivity index (χ1) is 10.7. The van der Waals surface area contributed by atoms with E-state index in [4.69, 9.17) is 0 Å². The minimum Gasteiger partial charge on any atom is -0.481 e. The van der Waals surface area contributed by atoms with Crippen LogP contribution in [0.4, 0.5) is 4.39 Å². The van der Waals surface area contributed by atoms with Crippen molar-refractivity contribution in [1.29, 1.82) is 0 Å². The van der Waals surface area contributed by atoms with Crippen LogP contribution in [0.15, 0.2) is 17.0 Å². The van der Waals surface area contributed by atoms with Gasteiger partial charge in [-0.2, -0.15) is 4.31 Å². The fraction of sp³-hybridized carbons (Fsp3) is 0.562. The standard InChI is InChI=1S/C16H20FNO4S/c1-10-6-13(7-11(2)14(10)17)23(21,22)18-8-12-4-3-5-16(12,9-18)15(19)20/h6-7,12H,3-5,8-9H2,1-2H3,(H,19,20)/t12-,16+/m0/s1. The molecule has 0 amide bonds. The molecule has 1 N–H and O–H groups in total. The van der Waals surface area contributed by atoms with Gasteiger partial charge in [-0.1, -0.05) is 6.42 Å². The number of hydrogen-bond acceptors (Lipinski definition) is 3. The first-order valence-electron chi connectivity index (χ1n) is 7.69. The maximum absolute atomic E-state index is 13.7. The SMILES string of the molecule is Cc1cc(S(=O)(=O)N2C[C@@H]3CCC[C@@]3(C(=O)O)C2)cc(C)c1F. The van der Waals surface area contributed by atoms with Gasteiger partial charge in [0, 0.05) is 13.1 Å². The highest BCUT2D eigenvalue weighted by Gasteiger charge is 2.57. The third-order valence-corrected chi connectivity index (χ3v) is 7.10. The lowest BCUT2D eigenvalue weighted by Crippen LogP contribution is -2.37. The molecule has 1 aliphatic carbocycles. The van der Waals surface area contributed by atoms with E-state index in [-0.39, 0.29) is 35.0 Å². The van der Waals surface area contributed by atoms with Crippen LogP contribution in [0.5, 0.6) is 0 Å². The summed E-state index contributed by atoms with van der Waals surface area (Å²) in [5.74, 6) is -1.47. The van der Waals surface area contributed by atoms with Crippen LogP contribution in [-0.4, -0.2) is 36.9 Å². The van der Waals surface area contributed by atoms with Crippen LogP contribution in [0.3, 0.4) is 0 Å². The lowest BCUT2D eigenvalue weighted by Gasteiger charge is -2.23. The predicted molar refractivity (Wildman–Crippen MR) is 82.0 cm³/mol. The van der Waals surface area contributed by atoms with Gasteiger partial charge in [0.1, 0.15) is 5.82 Å². The molecule has 23 heavy (non-hydrogen) atoms. The summed E-state index contributed by atoms with van der Waals surface area (Å²) in [6, 6.07) is 2.64. The number of fused-ring (bicyclic) bond motifs is 1. The Morgan fingerprint density at radius 3 is 2.48 bits per heavy atom. The van der Waals surface area contributed by atoms with Gasteiger partial charge in [0.2, 0.25) is 10.0 Å². The lowest BCUT2D eigenvalue weighted by atomic mass is 9.81. The van der Waals surface area contributed by atoms with Crippen molar-refractivity contribution in [2.24, 2.45) is 11.3 Å². The summed E-state index contributed by atoms with van der Waals surface area (Å²) >= 11 is 0. The summed E-state index contributed by atoms with van der Waals surface area (Å²) in [6.45, 7) is 3.28. The molecule has 0 unspecified atom stereocenters. The summed E-state index contributed by atoms with van der Waals surface area (Å²) in [4.78, 5) is 11.7. The normalized spacial score (nSPS) is 28.0. The molecule has 2 fully saturated rings. The van der Waals surface area contributed by atoms with E-state index < -0.39 is 27.2 Å². The fourth-order valence-electron chi connectivity index (χ4n) is 3.98. The van der Waals surface area contributed by atoms with Gasteiger partial charge in [-0.3, -0.25) is 4.79 Å². The van der Waals surface area contributed by atoms with Crippen molar-refractivity contribution in [3.8, 4) is 0 Å². The zero-order chi connectivity index (χ0) is 17.0. The average molecular weight is 341 g/mol. The van der Waals surface area contributed by atoms with E-state index in [9.17, 15) is 22.7 Å². The Morgan fingerprint density at radius 1 is 1.35 bits per heavy atom. The van der Waals surface area contributed by atoms with Crippen LogP contribution in [0.25, 0.3) is 0 Å². The van der Waals surface area contributed by atoms with Gasteiger partial charge in [0.15, 0.2) is 0 Å². The Bertz CT molecular complexity index is 753. The van der Waals surface area contributed by atoms with E-state index in [2.05, 4.69) is 0 Å². The molecule has 0 radical (unpaired) electrons. The van der Waals surface area contributed by atoms with E-state index in [1.165, 1.54) is 30.3 Å². The molecule has 1 saturated heterocycles. The first-order valence-corrected chi connectivity index (χ1v) is 9.13. The number of sulfonamides is 1. The van der Waals surface area contributed by atoms with Gasteiger partial charge in [-0.15, -0.1) is 0 Å². The number of hydrogen-bond donors (Lipinski definition) is 1. The van der Waals surface area contributed by atoms with Gasteiger partial charge in [0.05, 0.1) is 10.3 Å². The summed E-state index contributed by atoms with van der Waals surface area (Å²) in [5.41, 5.74) is -0.413. The average Bonchev–Trinajstić information content (AvgIpc) is 3.02. The number of halogens is 1. The van der Waals surface area contributed by atoms with E-state index in [1.54, 1.807) is 0 Å². The summed E-state index contributed by atoms with van der Waals surface area (Å²) in [5, 5.41) is 9.58. The van der Waals surface area contributed by atoms with Gasteiger partial charge in [-0.05, 0) is 55.9 Å². The molecule has 1 aromatic rings. The van der Waals surface area contributed by atoms with Crippen LogP contribution in [0, 0.1) is 31.0 Å². The van der Waals surface area contributed by atoms with E-state index >= 15 is 0 Å². The number of rotatable bonds is 3. The highest BCUT2D eigenvalue weighted by Crippen LogP contribution is 2.50. The second kappa shape index (κ2) is 5.27. The molecule has 5 nitrogen and oxygen atoms in total. The largest absolute Gasteiger partial charge is 0.481 e. The van der Waals surface area contributed by atoms with Crippen molar-refractivity contribution >= 4 is 16.0 Å². The molecular formula is C16H20FNO4S. The zero-order valence-corrected chi connectivity index (χ0v) is 14.0. The van der Waals surface area contributed by atoms with E-state index in [0.717, 1.165) is 12.8 Å². The Balaban J connectivity index is 1.98. The zero-order valence-electron chi connectivity index (χ0n) is 13.2. The maximum Gasteiger partial charge on any atom is 0.311 e. The highest BCUT2D eigenvalue weighted by molar-refractivity contribution is 7.89. The van der Waals surface area contributed by atoms with Crippen molar-refractivity contribution in [3.05, 3.63) is 29.1 Å². The molecule has 2 aliphatic rings. The van der Waals surface area contributed by atoms with Crippen LogP contribution >= 0.6 is 0 Å². The van der Waals surface area contributed by atoms with Gasteiger partial charge in [0.25, 0.3) is 0 Å². The van der Waals surface area contributed by atoms with Crippen molar-refractivity contribution in [3.63, 3.8) is 0 Å². The van der Waals surface area contributed by atoms with Gasteiger partial charge < -0.3 is 5.11 Å². The molecule has 3 rings (SSSR count). The third-order valence-electron chi connectivity index (χ3n) is 5.31. The number of carboxylic acids is 1. The van der Waals surface area contributed by atoms with E-state index in [0.29, 0.717) is 6.42 Å². The van der Waals surface area contributed by atoms with E-state index in [1.807, 2.05) is 0 Å². The van der Waals surface area contributed by atoms with Crippen molar-refractivity contribution in [1.82, 2.24) is 4.31 Å². The number of carbonyl (C=O) groups is 1. The number of nitrogens with zero attached hydrogens (tertiary/aromatic N) is 1.